The molecule has 0 radical (unpaired) electrons. The number of hydrogen-bond donors (Lipinski definition) is 2. The van der Waals surface area contributed by atoms with Crippen LogP contribution in [0.15, 0.2) is 48.7 Å². The van der Waals surface area contributed by atoms with E-state index in [1.165, 1.54) is 30.5 Å². The van der Waals surface area contributed by atoms with E-state index in [0.29, 0.717) is 6.07 Å². The number of halogens is 4. The largest absolute Gasteiger partial charge is 0.322 e. The fourth-order valence-corrected chi connectivity index (χ4v) is 2.04. The zero-order valence-corrected chi connectivity index (χ0v) is 12.9. The minimum absolute atomic E-state index is 0.0755. The fourth-order valence-electron chi connectivity index (χ4n) is 2.04. The minimum atomic E-state index is -1.70. The number of carbonyl (C=O) groups is 1. The maximum Gasteiger partial charge on any atom is 0.274 e. The van der Waals surface area contributed by atoms with Crippen LogP contribution in [-0.4, -0.2) is 15.9 Å². The summed E-state index contributed by atoms with van der Waals surface area (Å²) in [5, 5.41) is 4.68. The third kappa shape index (κ3) is 3.61. The Morgan fingerprint density at radius 3 is 2.38 bits per heavy atom. The molecule has 2 aromatic carbocycles. The average molecular weight is 362 g/mol. The number of anilines is 3. The summed E-state index contributed by atoms with van der Waals surface area (Å²) in [6.07, 6.45) is 1.23. The summed E-state index contributed by atoms with van der Waals surface area (Å²) in [6, 6.07) is 8.55. The first-order chi connectivity index (χ1) is 12.5. The van der Waals surface area contributed by atoms with Gasteiger partial charge in [-0.15, -0.1) is 0 Å². The number of hydrogen-bond acceptors (Lipinski definition) is 4. The van der Waals surface area contributed by atoms with E-state index in [-0.39, 0.29) is 17.3 Å². The smallest absolute Gasteiger partial charge is 0.274 e. The number of benzene rings is 2. The molecule has 0 bridgehead atoms. The molecule has 0 fully saturated rings. The fraction of sp³-hybridized carbons (Fsp3) is 0. The second-order valence-corrected chi connectivity index (χ2v) is 5.05. The number of para-hydroxylation sites is 1. The molecule has 1 heterocycles. The van der Waals surface area contributed by atoms with Gasteiger partial charge in [-0.1, -0.05) is 12.1 Å². The maximum atomic E-state index is 13.6. The lowest BCUT2D eigenvalue weighted by Crippen LogP contribution is -2.16. The highest BCUT2D eigenvalue weighted by atomic mass is 19.2. The van der Waals surface area contributed by atoms with Crippen LogP contribution in [0.3, 0.4) is 0 Å². The van der Waals surface area contributed by atoms with Crippen LogP contribution in [0.2, 0.25) is 0 Å². The Balaban J connectivity index is 1.81. The Bertz CT molecular complexity index is 981. The average Bonchev–Trinajstić information content (AvgIpc) is 2.64. The summed E-state index contributed by atoms with van der Waals surface area (Å²) in [4.78, 5) is 19.9. The standard InChI is InChI=1S/C17H10F4N4O/c18-9-3-1-2-4-11(9)24-17-22-8-7-13(25-17)16(26)23-12-6-5-10(19)14(20)15(12)21/h1-8H,(H,23,26)(H,22,24,25). The molecule has 9 heteroatoms. The van der Waals surface area contributed by atoms with Gasteiger partial charge < -0.3 is 10.6 Å². The molecule has 0 aliphatic heterocycles. The molecule has 0 aliphatic rings. The molecule has 1 amide bonds. The van der Waals surface area contributed by atoms with E-state index in [9.17, 15) is 22.4 Å². The SMILES string of the molecule is O=C(Nc1ccc(F)c(F)c1F)c1ccnc(Nc2ccccc2F)n1. The van der Waals surface area contributed by atoms with Gasteiger partial charge in [-0.05, 0) is 30.3 Å². The molecule has 0 unspecified atom stereocenters. The molecule has 0 atom stereocenters. The van der Waals surface area contributed by atoms with Crippen molar-refractivity contribution in [1.82, 2.24) is 9.97 Å². The maximum absolute atomic E-state index is 13.6. The Kier molecular flexibility index (Phi) is 4.78. The van der Waals surface area contributed by atoms with E-state index in [0.717, 1.165) is 6.07 Å². The van der Waals surface area contributed by atoms with Crippen LogP contribution in [0.5, 0.6) is 0 Å². The zero-order valence-electron chi connectivity index (χ0n) is 12.9. The van der Waals surface area contributed by atoms with Crippen molar-refractivity contribution >= 4 is 23.2 Å². The second kappa shape index (κ2) is 7.18. The van der Waals surface area contributed by atoms with Crippen molar-refractivity contribution in [2.24, 2.45) is 0 Å². The lowest BCUT2D eigenvalue weighted by Gasteiger charge is -2.09. The summed E-state index contributed by atoms with van der Waals surface area (Å²) >= 11 is 0. The van der Waals surface area contributed by atoms with Crippen LogP contribution < -0.4 is 10.6 Å². The third-order valence-electron chi connectivity index (χ3n) is 3.29. The van der Waals surface area contributed by atoms with Gasteiger partial charge in [-0.2, -0.15) is 0 Å². The lowest BCUT2D eigenvalue weighted by atomic mass is 10.2. The summed E-state index contributed by atoms with van der Waals surface area (Å²) in [5.74, 6) is -6.11. The molecule has 0 saturated carbocycles. The molecule has 3 aromatic rings. The number of nitrogens with zero attached hydrogens (tertiary/aromatic N) is 2. The monoisotopic (exact) mass is 362 g/mol. The number of rotatable bonds is 4. The van der Waals surface area contributed by atoms with Crippen molar-refractivity contribution in [1.29, 1.82) is 0 Å². The van der Waals surface area contributed by atoms with Gasteiger partial charge >= 0.3 is 0 Å². The Hall–Kier alpha value is -3.49. The van der Waals surface area contributed by atoms with Crippen molar-refractivity contribution in [3.05, 3.63) is 77.6 Å². The highest BCUT2D eigenvalue weighted by Gasteiger charge is 2.17. The molecule has 3 rings (SSSR count). The van der Waals surface area contributed by atoms with Gasteiger partial charge in [0.05, 0.1) is 11.4 Å². The molecule has 1 aromatic heterocycles. The summed E-state index contributed by atoms with van der Waals surface area (Å²) < 4.78 is 53.4. The van der Waals surface area contributed by atoms with Crippen LogP contribution in [0.1, 0.15) is 10.5 Å². The van der Waals surface area contributed by atoms with Crippen LogP contribution >= 0.6 is 0 Å². The Labute approximate surface area is 144 Å². The van der Waals surface area contributed by atoms with Crippen molar-refractivity contribution < 1.29 is 22.4 Å². The quantitative estimate of drug-likeness (QED) is 0.543. The van der Waals surface area contributed by atoms with Crippen LogP contribution in [0.25, 0.3) is 0 Å². The normalized spacial score (nSPS) is 10.5. The van der Waals surface area contributed by atoms with E-state index < -0.39 is 34.9 Å². The molecule has 2 N–H and O–H groups in total. The molecular formula is C17H10F4N4O. The predicted octanol–water partition coefficient (Wildman–Crippen LogP) is 4.03. The van der Waals surface area contributed by atoms with Gasteiger partial charge in [0, 0.05) is 6.20 Å². The third-order valence-corrected chi connectivity index (χ3v) is 3.29. The summed E-state index contributed by atoms with van der Waals surface area (Å²) in [5.41, 5.74) is -0.643. The molecule has 26 heavy (non-hydrogen) atoms. The van der Waals surface area contributed by atoms with Gasteiger partial charge in [0.1, 0.15) is 11.5 Å². The number of nitrogens with one attached hydrogen (secondary N) is 2. The number of carbonyl (C=O) groups excluding carboxylic acids is 1. The van der Waals surface area contributed by atoms with E-state index in [1.54, 1.807) is 6.07 Å². The van der Waals surface area contributed by atoms with Crippen LogP contribution in [0, 0.1) is 23.3 Å². The molecule has 0 saturated heterocycles. The van der Waals surface area contributed by atoms with Crippen molar-refractivity contribution in [2.45, 2.75) is 0 Å². The highest BCUT2D eigenvalue weighted by molar-refractivity contribution is 6.03. The topological polar surface area (TPSA) is 66.9 Å². The number of amides is 1. The van der Waals surface area contributed by atoms with Gasteiger partial charge in [0.15, 0.2) is 17.5 Å². The first-order valence-electron chi connectivity index (χ1n) is 7.25. The Morgan fingerprint density at radius 1 is 0.846 bits per heavy atom. The lowest BCUT2D eigenvalue weighted by molar-refractivity contribution is 0.102. The first-order valence-corrected chi connectivity index (χ1v) is 7.25. The second-order valence-electron chi connectivity index (χ2n) is 5.05. The van der Waals surface area contributed by atoms with Crippen LogP contribution in [-0.2, 0) is 0 Å². The molecule has 5 nitrogen and oxygen atoms in total. The van der Waals surface area contributed by atoms with Crippen molar-refractivity contribution in [3.63, 3.8) is 0 Å². The Morgan fingerprint density at radius 2 is 1.62 bits per heavy atom. The molecule has 0 aliphatic carbocycles. The van der Waals surface area contributed by atoms with Gasteiger partial charge in [-0.3, -0.25) is 4.79 Å². The van der Waals surface area contributed by atoms with Gasteiger partial charge in [0.25, 0.3) is 5.91 Å². The molecule has 0 spiro atoms. The van der Waals surface area contributed by atoms with E-state index >= 15 is 0 Å². The van der Waals surface area contributed by atoms with E-state index in [4.69, 9.17) is 0 Å². The molecule has 132 valence electrons. The van der Waals surface area contributed by atoms with Gasteiger partial charge in [0.2, 0.25) is 5.95 Å². The summed E-state index contributed by atoms with van der Waals surface area (Å²) in [7, 11) is 0. The van der Waals surface area contributed by atoms with Crippen molar-refractivity contribution in [3.8, 4) is 0 Å². The number of aromatic nitrogens is 2. The predicted molar refractivity (Wildman–Crippen MR) is 86.0 cm³/mol. The van der Waals surface area contributed by atoms with E-state index in [2.05, 4.69) is 20.6 Å². The van der Waals surface area contributed by atoms with Crippen molar-refractivity contribution in [2.75, 3.05) is 10.6 Å². The summed E-state index contributed by atoms with van der Waals surface area (Å²) in [6.45, 7) is 0. The van der Waals surface area contributed by atoms with Crippen LogP contribution in [0.4, 0.5) is 34.9 Å². The zero-order chi connectivity index (χ0) is 18.7. The van der Waals surface area contributed by atoms with Gasteiger partial charge in [-0.25, -0.2) is 27.5 Å². The molecular weight excluding hydrogens is 352 g/mol. The first kappa shape index (κ1) is 17.3. The minimum Gasteiger partial charge on any atom is -0.322 e. The van der Waals surface area contributed by atoms with E-state index in [1.807, 2.05) is 0 Å². The highest BCUT2D eigenvalue weighted by Crippen LogP contribution is 2.21.